The molecule has 0 aromatic carbocycles. The smallest absolute Gasteiger partial charge is 0.317 e. The number of hydrogen-bond donors (Lipinski definition) is 1. The van der Waals surface area contributed by atoms with E-state index in [9.17, 15) is 4.79 Å². The second-order valence-corrected chi connectivity index (χ2v) is 7.54. The van der Waals surface area contributed by atoms with Crippen molar-refractivity contribution in [1.29, 1.82) is 0 Å². The van der Waals surface area contributed by atoms with Crippen molar-refractivity contribution in [3.8, 4) is 0 Å². The van der Waals surface area contributed by atoms with E-state index in [-0.39, 0.29) is 12.1 Å². The first-order valence-electron chi connectivity index (χ1n) is 8.16. The fourth-order valence-corrected chi connectivity index (χ4v) is 4.14. The van der Waals surface area contributed by atoms with Crippen molar-refractivity contribution in [3.05, 3.63) is 30.1 Å². The Kier molecular flexibility index (Phi) is 6.55. The quantitative estimate of drug-likeness (QED) is 0.896. The first kappa shape index (κ1) is 17.1. The molecular weight excluding hydrogens is 294 g/mol. The lowest BCUT2D eigenvalue weighted by Gasteiger charge is -2.32. The molecular formula is C17H27N3OS. The first-order valence-corrected chi connectivity index (χ1v) is 9.21. The van der Waals surface area contributed by atoms with Gasteiger partial charge in [0, 0.05) is 30.7 Å². The Balaban J connectivity index is 1.88. The van der Waals surface area contributed by atoms with Gasteiger partial charge < -0.3 is 10.2 Å². The minimum Gasteiger partial charge on any atom is -0.335 e. The van der Waals surface area contributed by atoms with E-state index in [4.69, 9.17) is 0 Å². The molecule has 3 atom stereocenters. The standard InChI is InChI=1S/C17H27N3OS/c1-4-22-16-9-5-8-15(11-16)19-17(21)20(3)13(2)14-7-6-10-18-12-14/h6-7,10,12-13,15-16H,4-5,8-9,11H2,1-3H3,(H,19,21)/t13-,15+,16-/m1/s1. The minimum atomic E-state index is 0.0171. The van der Waals surface area contributed by atoms with E-state index in [1.165, 1.54) is 12.8 Å². The molecule has 1 aromatic heterocycles. The monoisotopic (exact) mass is 321 g/mol. The van der Waals surface area contributed by atoms with Crippen molar-refractivity contribution in [1.82, 2.24) is 15.2 Å². The van der Waals surface area contributed by atoms with Gasteiger partial charge in [0.25, 0.3) is 0 Å². The summed E-state index contributed by atoms with van der Waals surface area (Å²) in [5.41, 5.74) is 1.06. The molecule has 1 aliphatic carbocycles. The van der Waals surface area contributed by atoms with Gasteiger partial charge in [-0.15, -0.1) is 0 Å². The summed E-state index contributed by atoms with van der Waals surface area (Å²) in [6.45, 7) is 4.24. The van der Waals surface area contributed by atoms with Gasteiger partial charge in [0.15, 0.2) is 0 Å². The molecule has 2 amide bonds. The van der Waals surface area contributed by atoms with Crippen molar-refractivity contribution in [3.63, 3.8) is 0 Å². The number of hydrogen-bond acceptors (Lipinski definition) is 3. The number of carbonyl (C=O) groups is 1. The van der Waals surface area contributed by atoms with Crippen molar-refractivity contribution < 1.29 is 4.79 Å². The molecule has 1 N–H and O–H groups in total. The SMILES string of the molecule is CCS[C@@H]1CCC[C@H](NC(=O)N(C)[C@H](C)c2cccnc2)C1. The molecule has 0 bridgehead atoms. The van der Waals surface area contributed by atoms with Gasteiger partial charge >= 0.3 is 6.03 Å². The van der Waals surface area contributed by atoms with Crippen LogP contribution in [-0.2, 0) is 0 Å². The maximum Gasteiger partial charge on any atom is 0.317 e. The zero-order valence-electron chi connectivity index (χ0n) is 13.8. The van der Waals surface area contributed by atoms with Crippen LogP contribution in [0.4, 0.5) is 4.79 Å². The summed E-state index contributed by atoms with van der Waals surface area (Å²) in [4.78, 5) is 18.4. The maximum absolute atomic E-state index is 12.5. The molecule has 122 valence electrons. The lowest BCUT2D eigenvalue weighted by Crippen LogP contribution is -2.46. The summed E-state index contributed by atoms with van der Waals surface area (Å²) < 4.78 is 0. The van der Waals surface area contributed by atoms with E-state index in [1.807, 2.05) is 44.1 Å². The van der Waals surface area contributed by atoms with Crippen molar-refractivity contribution in [2.45, 2.75) is 56.9 Å². The van der Waals surface area contributed by atoms with Crippen LogP contribution in [0.2, 0.25) is 0 Å². The van der Waals surface area contributed by atoms with E-state index in [0.717, 1.165) is 24.2 Å². The minimum absolute atomic E-state index is 0.0171. The van der Waals surface area contributed by atoms with Crippen molar-refractivity contribution in [2.24, 2.45) is 0 Å². The lowest BCUT2D eigenvalue weighted by molar-refractivity contribution is 0.187. The molecule has 4 nitrogen and oxygen atoms in total. The van der Waals surface area contributed by atoms with Crippen LogP contribution in [0.3, 0.4) is 0 Å². The number of carbonyl (C=O) groups excluding carboxylic acids is 1. The molecule has 5 heteroatoms. The fraction of sp³-hybridized carbons (Fsp3) is 0.647. The predicted octanol–water partition coefficient (Wildman–Crippen LogP) is 3.85. The Morgan fingerprint density at radius 1 is 1.55 bits per heavy atom. The molecule has 1 aromatic rings. The van der Waals surface area contributed by atoms with Gasteiger partial charge in [-0.1, -0.05) is 19.4 Å². The molecule has 0 aliphatic heterocycles. The number of pyridine rings is 1. The molecule has 22 heavy (non-hydrogen) atoms. The van der Waals surface area contributed by atoms with Crippen LogP contribution in [0, 0.1) is 0 Å². The Labute approximate surface area is 138 Å². The van der Waals surface area contributed by atoms with Gasteiger partial charge in [-0.2, -0.15) is 11.8 Å². The van der Waals surface area contributed by atoms with Crippen LogP contribution >= 0.6 is 11.8 Å². The van der Waals surface area contributed by atoms with Crippen molar-refractivity contribution in [2.75, 3.05) is 12.8 Å². The van der Waals surface area contributed by atoms with Gasteiger partial charge in [0.2, 0.25) is 0 Å². The molecule has 2 rings (SSSR count). The highest BCUT2D eigenvalue weighted by Gasteiger charge is 2.25. The Bertz CT molecular complexity index is 466. The summed E-state index contributed by atoms with van der Waals surface area (Å²) in [5.74, 6) is 1.16. The maximum atomic E-state index is 12.5. The Hall–Kier alpha value is -1.23. The number of rotatable bonds is 5. The summed E-state index contributed by atoms with van der Waals surface area (Å²) in [7, 11) is 1.86. The van der Waals surface area contributed by atoms with E-state index < -0.39 is 0 Å². The highest BCUT2D eigenvalue weighted by atomic mass is 32.2. The van der Waals surface area contributed by atoms with E-state index in [1.54, 1.807) is 11.1 Å². The van der Waals surface area contributed by atoms with E-state index in [0.29, 0.717) is 11.3 Å². The highest BCUT2D eigenvalue weighted by Crippen LogP contribution is 2.28. The number of aromatic nitrogens is 1. The molecule has 1 saturated carbocycles. The number of nitrogens with one attached hydrogen (secondary N) is 1. The van der Waals surface area contributed by atoms with Crippen LogP contribution in [0.5, 0.6) is 0 Å². The van der Waals surface area contributed by atoms with Crippen LogP contribution < -0.4 is 5.32 Å². The molecule has 0 radical (unpaired) electrons. The average Bonchev–Trinajstić information content (AvgIpc) is 2.55. The lowest BCUT2D eigenvalue weighted by atomic mass is 9.95. The molecule has 0 saturated heterocycles. The number of amides is 2. The summed E-state index contributed by atoms with van der Waals surface area (Å²) in [6.07, 6.45) is 8.27. The second-order valence-electron chi connectivity index (χ2n) is 5.96. The fourth-order valence-electron chi connectivity index (χ4n) is 2.96. The van der Waals surface area contributed by atoms with Gasteiger partial charge in [-0.3, -0.25) is 4.98 Å². The number of nitrogens with zero attached hydrogens (tertiary/aromatic N) is 2. The third-order valence-corrected chi connectivity index (χ3v) is 5.66. The average molecular weight is 321 g/mol. The number of urea groups is 1. The molecule has 1 heterocycles. The largest absolute Gasteiger partial charge is 0.335 e. The van der Waals surface area contributed by atoms with Gasteiger partial charge in [-0.25, -0.2) is 4.79 Å². The van der Waals surface area contributed by atoms with Crippen LogP contribution in [-0.4, -0.2) is 40.0 Å². The Morgan fingerprint density at radius 2 is 2.36 bits per heavy atom. The molecule has 1 aliphatic rings. The third-order valence-electron chi connectivity index (χ3n) is 4.42. The molecule has 0 spiro atoms. The highest BCUT2D eigenvalue weighted by molar-refractivity contribution is 7.99. The van der Waals surface area contributed by atoms with Gasteiger partial charge in [0.05, 0.1) is 6.04 Å². The molecule has 1 fully saturated rings. The summed E-state index contributed by atoms with van der Waals surface area (Å²) in [6, 6.07) is 4.27. The van der Waals surface area contributed by atoms with E-state index in [2.05, 4.69) is 17.2 Å². The second kappa shape index (κ2) is 8.42. The van der Waals surface area contributed by atoms with E-state index >= 15 is 0 Å². The van der Waals surface area contributed by atoms with Gasteiger partial charge in [-0.05, 0) is 43.6 Å². The normalized spacial score (nSPS) is 22.9. The zero-order valence-corrected chi connectivity index (χ0v) is 14.6. The van der Waals surface area contributed by atoms with Crippen molar-refractivity contribution >= 4 is 17.8 Å². The molecule has 0 unspecified atom stereocenters. The summed E-state index contributed by atoms with van der Waals surface area (Å²) in [5, 5.41) is 3.91. The Morgan fingerprint density at radius 3 is 3.05 bits per heavy atom. The van der Waals surface area contributed by atoms with Crippen LogP contribution in [0.1, 0.15) is 51.1 Å². The van der Waals surface area contributed by atoms with Crippen LogP contribution in [0.15, 0.2) is 24.5 Å². The first-order chi connectivity index (χ1) is 10.6. The third kappa shape index (κ3) is 4.63. The topological polar surface area (TPSA) is 45.2 Å². The number of thioether (sulfide) groups is 1. The summed E-state index contributed by atoms with van der Waals surface area (Å²) >= 11 is 2.02. The zero-order chi connectivity index (χ0) is 15.9. The van der Waals surface area contributed by atoms with Crippen LogP contribution in [0.25, 0.3) is 0 Å². The predicted molar refractivity (Wildman–Crippen MR) is 93.1 cm³/mol. The van der Waals surface area contributed by atoms with Gasteiger partial charge in [0.1, 0.15) is 0 Å².